The molecule has 0 radical (unpaired) electrons. The summed E-state index contributed by atoms with van der Waals surface area (Å²) in [6.45, 7) is 7.43. The molecule has 1 saturated heterocycles. The van der Waals surface area contributed by atoms with E-state index >= 15 is 0 Å². The molecule has 2 aromatic rings. The summed E-state index contributed by atoms with van der Waals surface area (Å²) in [7, 11) is 5.69. The van der Waals surface area contributed by atoms with Gasteiger partial charge in [-0.2, -0.15) is 0 Å². The van der Waals surface area contributed by atoms with Gasteiger partial charge in [0.1, 0.15) is 5.75 Å². The van der Waals surface area contributed by atoms with Gasteiger partial charge in [-0.15, -0.1) is 35.3 Å². The fourth-order valence-corrected chi connectivity index (χ4v) is 4.45. The number of aliphatic imine (C=N–C) groups is 1. The summed E-state index contributed by atoms with van der Waals surface area (Å²) in [5.41, 5.74) is 1.28. The van der Waals surface area contributed by atoms with Crippen molar-refractivity contribution >= 4 is 47.0 Å². The number of halogens is 1. The SMILES string of the molecule is CN=C(NCCCN1CCN(c2ccc(OC)cc2)CC1)N(C)CCc1cccs1.I. The predicted molar refractivity (Wildman–Crippen MR) is 144 cm³/mol. The van der Waals surface area contributed by atoms with Crippen molar-refractivity contribution in [1.29, 1.82) is 0 Å². The van der Waals surface area contributed by atoms with Crippen molar-refractivity contribution in [3.05, 3.63) is 46.7 Å². The van der Waals surface area contributed by atoms with Crippen LogP contribution in [0.15, 0.2) is 46.8 Å². The Balaban J connectivity index is 0.00000341. The first-order valence-corrected chi connectivity index (χ1v) is 11.6. The number of hydrogen-bond acceptors (Lipinski definition) is 5. The average molecular weight is 558 g/mol. The largest absolute Gasteiger partial charge is 0.497 e. The summed E-state index contributed by atoms with van der Waals surface area (Å²) in [4.78, 5) is 13.1. The standard InChI is InChI=1S/C23H35N5OS.HI/c1-24-23(26(2)14-11-22-6-4-19-30-22)25-12-5-13-27-15-17-28(18-16-27)20-7-9-21(29-3)10-8-20;/h4,6-10,19H,5,11-18H2,1-3H3,(H,24,25);1H. The molecule has 1 aliphatic rings. The molecule has 0 spiro atoms. The van der Waals surface area contributed by atoms with Gasteiger partial charge in [0.25, 0.3) is 0 Å². The van der Waals surface area contributed by atoms with Gasteiger partial charge in [0.2, 0.25) is 0 Å². The third kappa shape index (κ3) is 8.16. The number of piperazine rings is 1. The highest BCUT2D eigenvalue weighted by atomic mass is 127. The smallest absolute Gasteiger partial charge is 0.193 e. The number of benzene rings is 1. The Kier molecular flexibility index (Phi) is 11.5. The quantitative estimate of drug-likeness (QED) is 0.221. The van der Waals surface area contributed by atoms with Crippen molar-refractivity contribution in [3.8, 4) is 5.75 Å². The molecule has 0 aliphatic carbocycles. The molecule has 0 atom stereocenters. The van der Waals surface area contributed by atoms with E-state index in [-0.39, 0.29) is 24.0 Å². The van der Waals surface area contributed by atoms with Gasteiger partial charge in [0.15, 0.2) is 5.96 Å². The van der Waals surface area contributed by atoms with Crippen LogP contribution in [0.3, 0.4) is 0 Å². The molecule has 3 rings (SSSR count). The van der Waals surface area contributed by atoms with Crippen molar-refractivity contribution < 1.29 is 4.74 Å². The van der Waals surface area contributed by atoms with Gasteiger partial charge in [-0.25, -0.2) is 0 Å². The van der Waals surface area contributed by atoms with Crippen LogP contribution in [-0.2, 0) is 6.42 Å². The molecule has 1 aromatic heterocycles. The molecule has 0 amide bonds. The van der Waals surface area contributed by atoms with E-state index in [1.807, 2.05) is 30.5 Å². The third-order valence-electron chi connectivity index (χ3n) is 5.59. The molecule has 0 unspecified atom stereocenters. The van der Waals surface area contributed by atoms with Crippen LogP contribution in [-0.4, -0.2) is 82.8 Å². The fraction of sp³-hybridized carbons (Fsp3) is 0.522. The highest BCUT2D eigenvalue weighted by Crippen LogP contribution is 2.20. The lowest BCUT2D eigenvalue weighted by atomic mass is 10.2. The first kappa shape index (κ1) is 25.7. The van der Waals surface area contributed by atoms with Crippen LogP contribution in [0.25, 0.3) is 0 Å². The zero-order valence-electron chi connectivity index (χ0n) is 18.9. The minimum absolute atomic E-state index is 0. The molecule has 0 saturated carbocycles. The molecule has 1 fully saturated rings. The van der Waals surface area contributed by atoms with Gasteiger partial charge in [0, 0.05) is 63.9 Å². The Morgan fingerprint density at radius 3 is 2.52 bits per heavy atom. The van der Waals surface area contributed by atoms with Crippen molar-refractivity contribution in [1.82, 2.24) is 15.1 Å². The maximum atomic E-state index is 5.25. The van der Waals surface area contributed by atoms with Crippen LogP contribution >= 0.6 is 35.3 Å². The van der Waals surface area contributed by atoms with Crippen molar-refractivity contribution in [3.63, 3.8) is 0 Å². The lowest BCUT2D eigenvalue weighted by molar-refractivity contribution is 0.255. The molecule has 0 bridgehead atoms. The van der Waals surface area contributed by atoms with Crippen LogP contribution in [0, 0.1) is 0 Å². The normalized spacial score (nSPS) is 14.8. The number of guanidine groups is 1. The average Bonchev–Trinajstić information content (AvgIpc) is 3.32. The van der Waals surface area contributed by atoms with Gasteiger partial charge in [0.05, 0.1) is 7.11 Å². The Bertz CT molecular complexity index is 761. The monoisotopic (exact) mass is 557 g/mol. The molecule has 1 N–H and O–H groups in total. The Hall–Kier alpha value is -1.52. The Morgan fingerprint density at radius 1 is 1.16 bits per heavy atom. The summed E-state index contributed by atoms with van der Waals surface area (Å²) in [5, 5.41) is 5.65. The molecule has 8 heteroatoms. The van der Waals surface area contributed by atoms with E-state index < -0.39 is 0 Å². The minimum atomic E-state index is 0. The first-order chi connectivity index (χ1) is 14.7. The van der Waals surface area contributed by atoms with Crippen LogP contribution in [0.5, 0.6) is 5.75 Å². The van der Waals surface area contributed by atoms with Gasteiger partial charge in [-0.3, -0.25) is 9.89 Å². The van der Waals surface area contributed by atoms with Crippen molar-refractivity contribution in [2.75, 3.05) is 71.9 Å². The van der Waals surface area contributed by atoms with Crippen LogP contribution in [0.1, 0.15) is 11.3 Å². The summed E-state index contributed by atoms with van der Waals surface area (Å²) in [6, 6.07) is 12.7. The summed E-state index contributed by atoms with van der Waals surface area (Å²) in [5.74, 6) is 1.90. The lowest BCUT2D eigenvalue weighted by Gasteiger charge is -2.36. The van der Waals surface area contributed by atoms with Crippen LogP contribution in [0.4, 0.5) is 5.69 Å². The predicted octanol–water partition coefficient (Wildman–Crippen LogP) is 3.64. The van der Waals surface area contributed by atoms with E-state index in [0.717, 1.165) is 70.4 Å². The number of anilines is 1. The van der Waals surface area contributed by atoms with E-state index in [4.69, 9.17) is 4.74 Å². The fourth-order valence-electron chi connectivity index (χ4n) is 3.75. The van der Waals surface area contributed by atoms with Crippen LogP contribution in [0.2, 0.25) is 0 Å². The number of nitrogens with zero attached hydrogens (tertiary/aromatic N) is 4. The number of ether oxygens (including phenoxy) is 1. The van der Waals surface area contributed by atoms with Crippen molar-refractivity contribution in [2.24, 2.45) is 4.99 Å². The highest BCUT2D eigenvalue weighted by molar-refractivity contribution is 14.0. The zero-order chi connectivity index (χ0) is 21.2. The Morgan fingerprint density at radius 2 is 1.90 bits per heavy atom. The number of thiophene rings is 1. The van der Waals surface area contributed by atoms with Gasteiger partial charge in [-0.05, 0) is 55.1 Å². The zero-order valence-corrected chi connectivity index (χ0v) is 22.1. The maximum absolute atomic E-state index is 5.25. The molecule has 31 heavy (non-hydrogen) atoms. The number of methoxy groups -OCH3 is 1. The molecule has 1 aliphatic heterocycles. The van der Waals surface area contributed by atoms with Gasteiger partial charge < -0.3 is 19.9 Å². The second-order valence-electron chi connectivity index (χ2n) is 7.61. The molecular weight excluding hydrogens is 521 g/mol. The molecular formula is C23H36IN5OS. The second kappa shape index (κ2) is 13.8. The number of hydrogen-bond donors (Lipinski definition) is 1. The van der Waals surface area contributed by atoms with E-state index in [0.29, 0.717) is 0 Å². The summed E-state index contributed by atoms with van der Waals surface area (Å²) >= 11 is 1.82. The van der Waals surface area contributed by atoms with E-state index in [2.05, 4.69) is 61.7 Å². The van der Waals surface area contributed by atoms with E-state index in [1.165, 1.54) is 10.6 Å². The molecule has 1 aromatic carbocycles. The number of nitrogens with one attached hydrogen (secondary N) is 1. The molecule has 6 nitrogen and oxygen atoms in total. The van der Waals surface area contributed by atoms with Crippen molar-refractivity contribution in [2.45, 2.75) is 12.8 Å². The third-order valence-corrected chi connectivity index (χ3v) is 6.53. The number of likely N-dealkylation sites (N-methyl/N-ethyl adjacent to an activating group) is 1. The maximum Gasteiger partial charge on any atom is 0.193 e. The van der Waals surface area contributed by atoms with E-state index in [1.54, 1.807) is 7.11 Å². The van der Waals surface area contributed by atoms with Gasteiger partial charge in [-0.1, -0.05) is 6.07 Å². The first-order valence-electron chi connectivity index (χ1n) is 10.7. The highest BCUT2D eigenvalue weighted by Gasteiger charge is 2.17. The summed E-state index contributed by atoms with van der Waals surface area (Å²) < 4.78 is 5.25. The summed E-state index contributed by atoms with van der Waals surface area (Å²) in [6.07, 6.45) is 2.19. The Labute approximate surface area is 208 Å². The van der Waals surface area contributed by atoms with Crippen LogP contribution < -0.4 is 15.0 Å². The van der Waals surface area contributed by atoms with E-state index in [9.17, 15) is 0 Å². The minimum Gasteiger partial charge on any atom is -0.497 e. The topological polar surface area (TPSA) is 43.3 Å². The molecule has 2 heterocycles. The van der Waals surface area contributed by atoms with Gasteiger partial charge >= 0.3 is 0 Å². The molecule has 172 valence electrons. The number of rotatable bonds is 9. The lowest BCUT2D eigenvalue weighted by Crippen LogP contribution is -2.47. The second-order valence-corrected chi connectivity index (χ2v) is 8.64.